The molecule has 0 bridgehead atoms. The Labute approximate surface area is 149 Å². The molecule has 7 heteroatoms. The lowest BCUT2D eigenvalue weighted by Gasteiger charge is -2.16. The first-order valence-corrected chi connectivity index (χ1v) is 7.71. The summed E-state index contributed by atoms with van der Waals surface area (Å²) in [5.41, 5.74) is 8.67. The molecular formula is C19H16FN5O. The number of nitrogens with zero attached hydrogens (tertiary/aromatic N) is 4. The molecule has 6 nitrogen and oxygen atoms in total. The molecule has 0 aliphatic rings. The number of allylic oxidation sites excluding steroid dienone is 2. The fourth-order valence-corrected chi connectivity index (χ4v) is 2.55. The molecule has 130 valence electrons. The summed E-state index contributed by atoms with van der Waals surface area (Å²) in [5.74, 6) is -0.135. The molecule has 0 unspecified atom stereocenters. The molecule has 3 heterocycles. The Hall–Kier alpha value is -3.61. The van der Waals surface area contributed by atoms with E-state index in [9.17, 15) is 4.39 Å². The van der Waals surface area contributed by atoms with E-state index in [0.29, 0.717) is 33.8 Å². The number of halogens is 1. The highest BCUT2D eigenvalue weighted by molar-refractivity contribution is 5.88. The van der Waals surface area contributed by atoms with Gasteiger partial charge >= 0.3 is 0 Å². The van der Waals surface area contributed by atoms with Gasteiger partial charge in [0.1, 0.15) is 11.5 Å². The van der Waals surface area contributed by atoms with E-state index >= 15 is 0 Å². The molecule has 0 aliphatic carbocycles. The minimum atomic E-state index is -0.617. The van der Waals surface area contributed by atoms with Gasteiger partial charge in [0.25, 0.3) is 0 Å². The van der Waals surface area contributed by atoms with E-state index < -0.39 is 5.95 Å². The lowest BCUT2D eigenvalue weighted by atomic mass is 9.98. The number of pyridine rings is 2. The third-order valence-electron chi connectivity index (χ3n) is 3.60. The van der Waals surface area contributed by atoms with Gasteiger partial charge in [-0.15, -0.1) is 0 Å². The fourth-order valence-electron chi connectivity index (χ4n) is 2.55. The van der Waals surface area contributed by atoms with E-state index in [1.807, 2.05) is 6.07 Å². The standard InChI is InChI=1S/C19H16FN5O/c1-3-5-14(26-2)18-16(12-7-9-23-15(20)10-12)17(24-19(21)25-18)13-6-4-8-22-11-13/h3-11H,1H2,2H3,(H2,21,24,25)/b14-5-. The predicted octanol–water partition coefficient (Wildman–Crippen LogP) is 3.50. The summed E-state index contributed by atoms with van der Waals surface area (Å²) < 4.78 is 19.2. The Bertz CT molecular complexity index is 973. The zero-order valence-corrected chi connectivity index (χ0v) is 14.1. The van der Waals surface area contributed by atoms with Crippen molar-refractivity contribution >= 4 is 11.7 Å². The maximum atomic E-state index is 13.8. The lowest BCUT2D eigenvalue weighted by molar-refractivity contribution is 0.368. The van der Waals surface area contributed by atoms with Crippen molar-refractivity contribution in [3.63, 3.8) is 0 Å². The van der Waals surface area contributed by atoms with Gasteiger partial charge in [-0.1, -0.05) is 12.7 Å². The Kier molecular flexibility index (Phi) is 4.98. The molecule has 3 aromatic heterocycles. The molecule has 3 aromatic rings. The van der Waals surface area contributed by atoms with E-state index in [1.165, 1.54) is 19.4 Å². The van der Waals surface area contributed by atoms with Gasteiger partial charge in [-0.3, -0.25) is 4.98 Å². The molecule has 3 rings (SSSR count). The van der Waals surface area contributed by atoms with Crippen molar-refractivity contribution in [1.82, 2.24) is 19.9 Å². The topological polar surface area (TPSA) is 86.8 Å². The zero-order valence-electron chi connectivity index (χ0n) is 14.1. The van der Waals surface area contributed by atoms with Crippen LogP contribution in [0.25, 0.3) is 28.1 Å². The van der Waals surface area contributed by atoms with Crippen molar-refractivity contribution in [2.45, 2.75) is 0 Å². The highest BCUT2D eigenvalue weighted by atomic mass is 19.1. The highest BCUT2D eigenvalue weighted by Gasteiger charge is 2.20. The van der Waals surface area contributed by atoms with Gasteiger partial charge < -0.3 is 10.5 Å². The first-order chi connectivity index (χ1) is 12.6. The highest BCUT2D eigenvalue weighted by Crippen LogP contribution is 2.36. The molecule has 0 atom stereocenters. The maximum Gasteiger partial charge on any atom is 0.221 e. The normalized spacial score (nSPS) is 11.2. The summed E-state index contributed by atoms with van der Waals surface area (Å²) in [6.45, 7) is 3.68. The van der Waals surface area contributed by atoms with Crippen LogP contribution >= 0.6 is 0 Å². The van der Waals surface area contributed by atoms with E-state index in [0.717, 1.165) is 0 Å². The van der Waals surface area contributed by atoms with E-state index in [2.05, 4.69) is 26.5 Å². The number of hydrogen-bond donors (Lipinski definition) is 1. The van der Waals surface area contributed by atoms with E-state index in [-0.39, 0.29) is 5.95 Å². The number of anilines is 1. The minimum absolute atomic E-state index is 0.0594. The molecule has 0 fully saturated rings. The molecule has 0 saturated heterocycles. The van der Waals surface area contributed by atoms with E-state index in [1.54, 1.807) is 36.7 Å². The molecule has 2 N–H and O–H groups in total. The summed E-state index contributed by atoms with van der Waals surface area (Å²) >= 11 is 0. The van der Waals surface area contributed by atoms with Crippen LogP contribution in [0.5, 0.6) is 0 Å². The van der Waals surface area contributed by atoms with Crippen LogP contribution < -0.4 is 5.73 Å². The smallest absolute Gasteiger partial charge is 0.221 e. The van der Waals surface area contributed by atoms with Crippen LogP contribution in [0.3, 0.4) is 0 Å². The molecule has 26 heavy (non-hydrogen) atoms. The van der Waals surface area contributed by atoms with Crippen LogP contribution in [0, 0.1) is 5.95 Å². The van der Waals surface area contributed by atoms with Gasteiger partial charge in [0.15, 0.2) is 0 Å². The zero-order chi connectivity index (χ0) is 18.5. The summed E-state index contributed by atoms with van der Waals surface area (Å²) in [7, 11) is 1.51. The predicted molar refractivity (Wildman–Crippen MR) is 98.0 cm³/mol. The van der Waals surface area contributed by atoms with Crippen molar-refractivity contribution in [1.29, 1.82) is 0 Å². The van der Waals surface area contributed by atoms with Crippen LogP contribution in [0.4, 0.5) is 10.3 Å². The average Bonchev–Trinajstić information content (AvgIpc) is 2.66. The van der Waals surface area contributed by atoms with Crippen LogP contribution in [0.2, 0.25) is 0 Å². The minimum Gasteiger partial charge on any atom is -0.494 e. The molecule has 0 spiro atoms. The van der Waals surface area contributed by atoms with Crippen LogP contribution in [-0.2, 0) is 4.74 Å². The number of nitrogens with two attached hydrogens (primary N) is 1. The van der Waals surface area contributed by atoms with Crippen molar-refractivity contribution in [3.05, 3.63) is 73.2 Å². The van der Waals surface area contributed by atoms with Gasteiger partial charge in [0.2, 0.25) is 11.9 Å². The molecular weight excluding hydrogens is 333 g/mol. The molecule has 0 aromatic carbocycles. The number of aromatic nitrogens is 4. The number of nitrogen functional groups attached to an aromatic ring is 1. The summed E-state index contributed by atoms with van der Waals surface area (Å²) in [4.78, 5) is 16.4. The number of methoxy groups -OCH3 is 1. The molecule has 0 saturated carbocycles. The summed E-state index contributed by atoms with van der Waals surface area (Å²) in [5, 5.41) is 0. The summed E-state index contributed by atoms with van der Waals surface area (Å²) in [6.07, 6.45) is 7.89. The van der Waals surface area contributed by atoms with Gasteiger partial charge in [-0.25, -0.2) is 15.0 Å². The van der Waals surface area contributed by atoms with Crippen molar-refractivity contribution < 1.29 is 9.13 Å². The van der Waals surface area contributed by atoms with Gasteiger partial charge in [0.05, 0.1) is 12.8 Å². The molecule has 0 aliphatic heterocycles. The van der Waals surface area contributed by atoms with E-state index in [4.69, 9.17) is 10.5 Å². The van der Waals surface area contributed by atoms with Gasteiger partial charge in [-0.2, -0.15) is 4.39 Å². The van der Waals surface area contributed by atoms with Crippen molar-refractivity contribution in [2.75, 3.05) is 12.8 Å². The Morgan fingerprint density at radius 1 is 1.23 bits per heavy atom. The third-order valence-corrected chi connectivity index (χ3v) is 3.60. The van der Waals surface area contributed by atoms with Crippen LogP contribution in [-0.4, -0.2) is 27.0 Å². The van der Waals surface area contributed by atoms with Crippen LogP contribution in [0.1, 0.15) is 5.69 Å². The Balaban J connectivity index is 2.39. The first-order valence-electron chi connectivity index (χ1n) is 7.71. The van der Waals surface area contributed by atoms with Crippen molar-refractivity contribution in [2.24, 2.45) is 0 Å². The SMILES string of the molecule is C=C/C=C(\OC)c1nc(N)nc(-c2cccnc2)c1-c1ccnc(F)c1. The largest absolute Gasteiger partial charge is 0.494 e. The second-order valence-electron chi connectivity index (χ2n) is 5.23. The van der Waals surface area contributed by atoms with Crippen molar-refractivity contribution in [3.8, 4) is 22.4 Å². The van der Waals surface area contributed by atoms with Crippen LogP contribution in [0.15, 0.2) is 61.6 Å². The lowest BCUT2D eigenvalue weighted by Crippen LogP contribution is -2.06. The maximum absolute atomic E-state index is 13.8. The summed E-state index contributed by atoms with van der Waals surface area (Å²) in [6, 6.07) is 6.59. The van der Waals surface area contributed by atoms with Gasteiger partial charge in [0, 0.05) is 35.8 Å². The number of rotatable bonds is 5. The molecule has 0 radical (unpaired) electrons. The second kappa shape index (κ2) is 7.52. The average molecular weight is 349 g/mol. The fraction of sp³-hybridized carbons (Fsp3) is 0.0526. The first kappa shape index (κ1) is 17.2. The number of ether oxygens (including phenoxy) is 1. The monoisotopic (exact) mass is 349 g/mol. The van der Waals surface area contributed by atoms with Gasteiger partial charge in [-0.05, 0) is 29.8 Å². The second-order valence-corrected chi connectivity index (χ2v) is 5.23. The quantitative estimate of drug-likeness (QED) is 0.431. The third kappa shape index (κ3) is 3.41. The molecule has 0 amide bonds. The Morgan fingerprint density at radius 2 is 2.08 bits per heavy atom. The Morgan fingerprint density at radius 3 is 2.73 bits per heavy atom. The number of hydrogen-bond acceptors (Lipinski definition) is 6.